The highest BCUT2D eigenvalue weighted by Crippen LogP contribution is 2.43. The Balaban J connectivity index is 1.81. The van der Waals surface area contributed by atoms with Gasteiger partial charge in [-0.25, -0.2) is 8.97 Å². The quantitative estimate of drug-likeness (QED) is 0.277. The summed E-state index contributed by atoms with van der Waals surface area (Å²) in [6.45, 7) is 10.7. The molecule has 2 unspecified atom stereocenters. The molecule has 1 aliphatic carbocycles. The lowest BCUT2D eigenvalue weighted by atomic mass is 9.72. The van der Waals surface area contributed by atoms with Crippen molar-refractivity contribution in [1.29, 1.82) is 0 Å². The number of nitrogens with zero attached hydrogens (tertiary/aromatic N) is 4. The number of carbonyl (C=O) groups is 1. The van der Waals surface area contributed by atoms with Crippen LogP contribution in [0.15, 0.2) is 34.2 Å². The van der Waals surface area contributed by atoms with Gasteiger partial charge in [0.1, 0.15) is 10.1 Å². The van der Waals surface area contributed by atoms with Gasteiger partial charge in [0.2, 0.25) is 5.78 Å². The highest BCUT2D eigenvalue weighted by molar-refractivity contribution is 8.00. The van der Waals surface area contributed by atoms with E-state index in [1.54, 1.807) is 22.8 Å². The molecule has 5 rings (SSSR count). The highest BCUT2D eigenvalue weighted by Gasteiger charge is 2.33. The fourth-order valence-electron chi connectivity index (χ4n) is 4.96. The largest absolute Gasteiger partial charge is 0.468 e. The van der Waals surface area contributed by atoms with Crippen LogP contribution in [0.4, 0.5) is 0 Å². The first-order valence-corrected chi connectivity index (χ1v) is 13.6. The molecule has 0 radical (unpaired) electrons. The molecule has 2 atom stereocenters. The van der Waals surface area contributed by atoms with Crippen molar-refractivity contribution in [1.82, 2.24) is 19.2 Å². The molecule has 0 saturated heterocycles. The van der Waals surface area contributed by atoms with Gasteiger partial charge in [-0.1, -0.05) is 50.7 Å². The predicted octanol–water partition coefficient (Wildman–Crippen LogP) is 5.21. The zero-order valence-electron chi connectivity index (χ0n) is 20.9. The maximum Gasteiger partial charge on any atom is 0.318 e. The van der Waals surface area contributed by atoms with Crippen molar-refractivity contribution >= 4 is 45.1 Å². The van der Waals surface area contributed by atoms with E-state index >= 15 is 0 Å². The molecule has 9 heteroatoms. The van der Waals surface area contributed by atoms with Gasteiger partial charge < -0.3 is 4.74 Å². The number of carbonyl (C=O) groups excluding carboxylic acids is 1. The zero-order valence-corrected chi connectivity index (χ0v) is 22.5. The number of esters is 1. The van der Waals surface area contributed by atoms with Crippen LogP contribution in [-0.4, -0.2) is 37.5 Å². The van der Waals surface area contributed by atoms with Crippen LogP contribution >= 0.6 is 23.1 Å². The monoisotopic (exact) mass is 510 g/mol. The minimum Gasteiger partial charge on any atom is -0.468 e. The minimum absolute atomic E-state index is 0.0570. The molecule has 0 aliphatic heterocycles. The average molecular weight is 511 g/mol. The van der Waals surface area contributed by atoms with Gasteiger partial charge in [-0.15, -0.1) is 21.5 Å². The number of benzene rings is 1. The molecule has 0 amide bonds. The highest BCUT2D eigenvalue weighted by atomic mass is 32.2. The van der Waals surface area contributed by atoms with E-state index in [0.29, 0.717) is 16.9 Å². The van der Waals surface area contributed by atoms with Gasteiger partial charge in [0, 0.05) is 4.88 Å². The van der Waals surface area contributed by atoms with Crippen LogP contribution in [0.1, 0.15) is 50.1 Å². The van der Waals surface area contributed by atoms with Crippen molar-refractivity contribution in [2.45, 2.75) is 64.3 Å². The van der Waals surface area contributed by atoms with E-state index in [4.69, 9.17) is 4.74 Å². The molecule has 0 fully saturated rings. The van der Waals surface area contributed by atoms with Crippen molar-refractivity contribution < 1.29 is 9.53 Å². The fourth-order valence-corrected chi connectivity index (χ4v) is 7.31. The number of thioether (sulfide) groups is 1. The number of ether oxygens (including phenoxy) is 1. The summed E-state index contributed by atoms with van der Waals surface area (Å²) in [7, 11) is 1.38. The standard InChI is InChI=1S/C26H30N4O3S2/c1-14-9-7-8-10-18(14)29-21(31)20-17-12-11-16(26(3,4)5)13-19(17)35-22(20)30-24(29)27-28-25(30)34-15(2)23(32)33-6/h7-10,15-16H,11-13H2,1-6H3. The van der Waals surface area contributed by atoms with Crippen molar-refractivity contribution in [2.24, 2.45) is 11.3 Å². The average Bonchev–Trinajstić information content (AvgIpc) is 3.40. The Morgan fingerprint density at radius 3 is 2.69 bits per heavy atom. The maximum absolute atomic E-state index is 14.1. The smallest absolute Gasteiger partial charge is 0.318 e. The van der Waals surface area contributed by atoms with Crippen LogP contribution in [0.3, 0.4) is 0 Å². The topological polar surface area (TPSA) is 78.5 Å². The van der Waals surface area contributed by atoms with Gasteiger partial charge in [0.05, 0.1) is 18.2 Å². The molecule has 35 heavy (non-hydrogen) atoms. The molecule has 3 aromatic heterocycles. The number of fused-ring (bicyclic) bond motifs is 5. The van der Waals surface area contributed by atoms with Crippen LogP contribution in [0.25, 0.3) is 21.7 Å². The lowest BCUT2D eigenvalue weighted by molar-refractivity contribution is -0.139. The second kappa shape index (κ2) is 8.78. The Labute approximate surface area is 212 Å². The summed E-state index contributed by atoms with van der Waals surface area (Å²) in [5.74, 6) is 0.697. The summed E-state index contributed by atoms with van der Waals surface area (Å²) < 4.78 is 8.57. The summed E-state index contributed by atoms with van der Waals surface area (Å²) in [6, 6.07) is 7.82. The molecule has 7 nitrogen and oxygen atoms in total. The van der Waals surface area contributed by atoms with Gasteiger partial charge in [-0.2, -0.15) is 0 Å². The third kappa shape index (κ3) is 3.98. The molecular formula is C26H30N4O3S2. The number of hydrogen-bond donors (Lipinski definition) is 0. The van der Waals surface area contributed by atoms with E-state index in [1.807, 2.05) is 35.6 Å². The predicted molar refractivity (Wildman–Crippen MR) is 141 cm³/mol. The lowest BCUT2D eigenvalue weighted by Gasteiger charge is -2.33. The molecule has 4 aromatic rings. The summed E-state index contributed by atoms with van der Waals surface area (Å²) in [5.41, 5.74) is 3.08. The Hall–Kier alpha value is -2.65. The summed E-state index contributed by atoms with van der Waals surface area (Å²) >= 11 is 2.97. The van der Waals surface area contributed by atoms with Crippen LogP contribution in [-0.2, 0) is 22.4 Å². The van der Waals surface area contributed by atoms with E-state index in [2.05, 4.69) is 31.0 Å². The second-order valence-corrected chi connectivity index (χ2v) is 12.7. The maximum atomic E-state index is 14.1. The molecule has 0 N–H and O–H groups in total. The second-order valence-electron chi connectivity index (χ2n) is 10.3. The molecule has 0 spiro atoms. The number of para-hydroxylation sites is 1. The Kier molecular flexibility index (Phi) is 6.04. The summed E-state index contributed by atoms with van der Waals surface area (Å²) in [5, 5.41) is 9.76. The van der Waals surface area contributed by atoms with E-state index in [1.165, 1.54) is 23.7 Å². The summed E-state index contributed by atoms with van der Waals surface area (Å²) in [4.78, 5) is 28.4. The molecule has 0 bridgehead atoms. The Bertz CT molecular complexity index is 1510. The van der Waals surface area contributed by atoms with Crippen molar-refractivity contribution in [2.75, 3.05) is 7.11 Å². The third-order valence-corrected chi connectivity index (χ3v) is 9.34. The van der Waals surface area contributed by atoms with Gasteiger partial charge in [0.15, 0.2) is 5.16 Å². The first-order chi connectivity index (χ1) is 16.6. The lowest BCUT2D eigenvalue weighted by Crippen LogP contribution is -2.27. The molecular weight excluding hydrogens is 480 g/mol. The minimum atomic E-state index is -0.457. The van der Waals surface area contributed by atoms with E-state index in [0.717, 1.165) is 46.3 Å². The van der Waals surface area contributed by atoms with Gasteiger partial charge in [-0.05, 0) is 61.6 Å². The van der Waals surface area contributed by atoms with Crippen LogP contribution < -0.4 is 5.56 Å². The van der Waals surface area contributed by atoms with Crippen LogP contribution in [0.5, 0.6) is 0 Å². The van der Waals surface area contributed by atoms with Crippen molar-refractivity contribution in [3.05, 3.63) is 50.6 Å². The number of hydrogen-bond acceptors (Lipinski definition) is 7. The molecule has 0 saturated carbocycles. The van der Waals surface area contributed by atoms with Crippen LogP contribution in [0.2, 0.25) is 0 Å². The number of methoxy groups -OCH3 is 1. The Morgan fingerprint density at radius 2 is 2.00 bits per heavy atom. The van der Waals surface area contributed by atoms with Gasteiger partial charge >= 0.3 is 5.97 Å². The number of aromatic nitrogens is 4. The van der Waals surface area contributed by atoms with E-state index < -0.39 is 5.25 Å². The number of rotatable bonds is 4. The molecule has 1 aromatic carbocycles. The molecule has 184 valence electrons. The van der Waals surface area contributed by atoms with Gasteiger partial charge in [-0.3, -0.25) is 9.59 Å². The first kappa shape index (κ1) is 24.1. The Morgan fingerprint density at radius 1 is 1.26 bits per heavy atom. The van der Waals surface area contributed by atoms with Crippen LogP contribution in [0, 0.1) is 18.3 Å². The SMILES string of the molecule is COC(=O)C(C)Sc1nnc2n(-c3ccccc3C)c(=O)c3c4c(sc3n12)CC(C(C)(C)C)CC4. The van der Waals surface area contributed by atoms with E-state index in [9.17, 15) is 9.59 Å². The van der Waals surface area contributed by atoms with Gasteiger partial charge in [0.25, 0.3) is 5.56 Å². The first-order valence-electron chi connectivity index (χ1n) is 11.9. The van der Waals surface area contributed by atoms with Crippen molar-refractivity contribution in [3.63, 3.8) is 0 Å². The molecule has 3 heterocycles. The van der Waals surface area contributed by atoms with Crippen molar-refractivity contribution in [3.8, 4) is 5.69 Å². The van der Waals surface area contributed by atoms with E-state index in [-0.39, 0.29) is 16.9 Å². The normalized spacial score (nSPS) is 17.0. The molecule has 1 aliphatic rings. The zero-order chi connectivity index (χ0) is 25.1. The number of aryl methyl sites for hydroxylation is 2. The number of thiophene rings is 1. The summed E-state index contributed by atoms with van der Waals surface area (Å²) in [6.07, 6.45) is 2.91. The third-order valence-electron chi connectivity index (χ3n) is 7.08. The fraction of sp³-hybridized carbons (Fsp3) is 0.462.